The number of hydrogen-bond acceptors (Lipinski definition) is 3. The Balaban J connectivity index is 1.88. The molecule has 2 aromatic carbocycles. The van der Waals surface area contributed by atoms with Crippen molar-refractivity contribution in [3.63, 3.8) is 0 Å². The van der Waals surface area contributed by atoms with E-state index in [2.05, 4.69) is 5.32 Å². The normalized spacial score (nSPS) is 16.9. The molecule has 1 heterocycles. The third-order valence-corrected chi connectivity index (χ3v) is 3.86. The molecule has 1 amide bonds. The largest absolute Gasteiger partial charge is 0.492 e. The van der Waals surface area contributed by atoms with E-state index in [0.717, 1.165) is 17.7 Å². The second-order valence-electron chi connectivity index (χ2n) is 5.47. The second kappa shape index (κ2) is 5.96. The maximum absolute atomic E-state index is 13.0. The summed E-state index contributed by atoms with van der Waals surface area (Å²) in [5, 5.41) is 12.2. The number of amides is 1. The van der Waals surface area contributed by atoms with Crippen LogP contribution in [0.25, 0.3) is 0 Å². The molecule has 0 fully saturated rings. The van der Waals surface area contributed by atoms with Crippen molar-refractivity contribution in [1.82, 2.24) is 0 Å². The highest BCUT2D eigenvalue weighted by molar-refractivity contribution is 6.61. The van der Waals surface area contributed by atoms with Gasteiger partial charge in [0.1, 0.15) is 0 Å². The van der Waals surface area contributed by atoms with Gasteiger partial charge in [0.05, 0.1) is 17.2 Å². The highest BCUT2D eigenvalue weighted by Gasteiger charge is 2.35. The Morgan fingerprint density at radius 3 is 2.67 bits per heavy atom. The SMILES string of the molecule is CC1OB(O)c2cc(NC(=O)c3ccccc3C(F)(F)F)ccc21. The van der Waals surface area contributed by atoms with E-state index in [1.165, 1.54) is 18.2 Å². The van der Waals surface area contributed by atoms with Gasteiger partial charge in [-0.05, 0) is 42.2 Å². The van der Waals surface area contributed by atoms with E-state index in [9.17, 15) is 23.0 Å². The molecular weight excluding hydrogens is 322 g/mol. The summed E-state index contributed by atoms with van der Waals surface area (Å²) in [4.78, 5) is 12.2. The minimum Gasteiger partial charge on any atom is -0.423 e. The maximum Gasteiger partial charge on any atom is 0.492 e. The lowest BCUT2D eigenvalue weighted by Gasteiger charge is -2.13. The molecule has 1 aliphatic heterocycles. The number of carbonyl (C=O) groups is 1. The van der Waals surface area contributed by atoms with Gasteiger partial charge in [-0.25, -0.2) is 0 Å². The van der Waals surface area contributed by atoms with Gasteiger partial charge in [-0.2, -0.15) is 13.2 Å². The minimum atomic E-state index is -4.62. The predicted molar refractivity (Wildman–Crippen MR) is 82.9 cm³/mol. The zero-order valence-electron chi connectivity index (χ0n) is 12.6. The van der Waals surface area contributed by atoms with Crippen LogP contribution in [0.15, 0.2) is 42.5 Å². The van der Waals surface area contributed by atoms with Crippen molar-refractivity contribution in [1.29, 1.82) is 0 Å². The van der Waals surface area contributed by atoms with Crippen molar-refractivity contribution in [3.05, 3.63) is 59.2 Å². The van der Waals surface area contributed by atoms with E-state index < -0.39 is 30.3 Å². The molecule has 1 aliphatic rings. The first-order valence-electron chi connectivity index (χ1n) is 7.22. The first kappa shape index (κ1) is 16.5. The minimum absolute atomic E-state index is 0.285. The van der Waals surface area contributed by atoms with Crippen LogP contribution in [0.3, 0.4) is 0 Å². The zero-order chi connectivity index (χ0) is 17.5. The molecule has 3 rings (SSSR count). The monoisotopic (exact) mass is 335 g/mol. The number of rotatable bonds is 2. The van der Waals surface area contributed by atoms with Gasteiger partial charge >= 0.3 is 13.3 Å². The third kappa shape index (κ3) is 3.02. The summed E-state index contributed by atoms with van der Waals surface area (Å²) in [7, 11) is -1.12. The Morgan fingerprint density at radius 2 is 1.96 bits per heavy atom. The van der Waals surface area contributed by atoms with Crippen LogP contribution in [-0.4, -0.2) is 18.0 Å². The fraction of sp³-hybridized carbons (Fsp3) is 0.188. The van der Waals surface area contributed by atoms with Crippen LogP contribution < -0.4 is 10.8 Å². The molecule has 4 nitrogen and oxygen atoms in total. The van der Waals surface area contributed by atoms with E-state index in [-0.39, 0.29) is 11.8 Å². The average Bonchev–Trinajstić information content (AvgIpc) is 2.81. The Labute approximate surface area is 136 Å². The molecule has 0 aromatic heterocycles. The molecule has 0 saturated heterocycles. The van der Waals surface area contributed by atoms with Crippen LogP contribution in [0.5, 0.6) is 0 Å². The lowest BCUT2D eigenvalue weighted by atomic mass is 9.79. The predicted octanol–water partition coefficient (Wildman–Crippen LogP) is 2.74. The van der Waals surface area contributed by atoms with E-state index in [1.54, 1.807) is 19.1 Å². The number of hydrogen-bond donors (Lipinski definition) is 2. The van der Waals surface area contributed by atoms with Gasteiger partial charge in [0.25, 0.3) is 5.91 Å². The lowest BCUT2D eigenvalue weighted by Crippen LogP contribution is -2.28. The molecule has 24 heavy (non-hydrogen) atoms. The summed E-state index contributed by atoms with van der Waals surface area (Å²) in [5.41, 5.74) is 0.0874. The Hall–Kier alpha value is -2.32. The Kier molecular flexibility index (Phi) is 4.10. The van der Waals surface area contributed by atoms with Gasteiger partial charge in [-0.15, -0.1) is 0 Å². The molecule has 0 radical (unpaired) electrons. The van der Waals surface area contributed by atoms with Crippen molar-refractivity contribution in [2.24, 2.45) is 0 Å². The molecule has 0 saturated carbocycles. The molecule has 124 valence electrons. The zero-order valence-corrected chi connectivity index (χ0v) is 12.6. The van der Waals surface area contributed by atoms with Gasteiger partial charge < -0.3 is 15.0 Å². The molecular formula is C16H13BF3NO3. The molecule has 2 N–H and O–H groups in total. The summed E-state index contributed by atoms with van der Waals surface area (Å²) >= 11 is 0. The standard InChI is InChI=1S/C16H13BF3NO3/c1-9-11-7-6-10(8-14(11)17(23)24-9)21-15(22)12-4-2-3-5-13(12)16(18,19)20/h2-9,23H,1H3,(H,21,22). The van der Waals surface area contributed by atoms with Crippen LogP contribution in [-0.2, 0) is 10.8 Å². The fourth-order valence-corrected chi connectivity index (χ4v) is 2.70. The molecule has 8 heteroatoms. The molecule has 1 atom stereocenters. The first-order valence-corrected chi connectivity index (χ1v) is 7.22. The topological polar surface area (TPSA) is 58.6 Å². The number of anilines is 1. The number of nitrogens with one attached hydrogen (secondary N) is 1. The first-order chi connectivity index (χ1) is 11.3. The number of alkyl halides is 3. The summed E-state index contributed by atoms with van der Waals surface area (Å²) in [6.07, 6.45) is -4.91. The smallest absolute Gasteiger partial charge is 0.423 e. The van der Waals surface area contributed by atoms with E-state index in [1.807, 2.05) is 0 Å². The molecule has 2 aromatic rings. The van der Waals surface area contributed by atoms with Crippen LogP contribution in [0.1, 0.15) is 34.5 Å². The Bertz CT molecular complexity index is 794. The molecule has 0 aliphatic carbocycles. The van der Waals surface area contributed by atoms with E-state index in [0.29, 0.717) is 5.46 Å². The maximum atomic E-state index is 13.0. The molecule has 0 bridgehead atoms. The van der Waals surface area contributed by atoms with Gasteiger partial charge in [0.2, 0.25) is 0 Å². The number of benzene rings is 2. The summed E-state index contributed by atoms with van der Waals surface area (Å²) < 4.78 is 44.2. The molecule has 0 spiro atoms. The third-order valence-electron chi connectivity index (χ3n) is 3.86. The molecule has 1 unspecified atom stereocenters. The van der Waals surface area contributed by atoms with Crippen LogP contribution in [0.2, 0.25) is 0 Å². The summed E-state index contributed by atoms with van der Waals surface area (Å²) in [6, 6.07) is 9.29. The summed E-state index contributed by atoms with van der Waals surface area (Å²) in [6.45, 7) is 1.77. The number of carbonyl (C=O) groups excluding carboxylic acids is 1. The fourth-order valence-electron chi connectivity index (χ4n) is 2.70. The highest BCUT2D eigenvalue weighted by Crippen LogP contribution is 2.32. The van der Waals surface area contributed by atoms with Gasteiger partial charge in [0.15, 0.2) is 0 Å². The van der Waals surface area contributed by atoms with Crippen molar-refractivity contribution in [2.75, 3.05) is 5.32 Å². The summed E-state index contributed by atoms with van der Waals surface area (Å²) in [5.74, 6) is -0.871. The second-order valence-corrected chi connectivity index (χ2v) is 5.47. The Morgan fingerprint density at radius 1 is 1.25 bits per heavy atom. The van der Waals surface area contributed by atoms with Crippen molar-refractivity contribution >= 4 is 24.2 Å². The van der Waals surface area contributed by atoms with Crippen LogP contribution in [0, 0.1) is 0 Å². The van der Waals surface area contributed by atoms with Crippen molar-refractivity contribution in [2.45, 2.75) is 19.2 Å². The van der Waals surface area contributed by atoms with Gasteiger partial charge in [0, 0.05) is 5.69 Å². The van der Waals surface area contributed by atoms with Gasteiger partial charge in [-0.1, -0.05) is 18.2 Å². The van der Waals surface area contributed by atoms with Crippen molar-refractivity contribution < 1.29 is 27.6 Å². The van der Waals surface area contributed by atoms with E-state index >= 15 is 0 Å². The highest BCUT2D eigenvalue weighted by atomic mass is 19.4. The van der Waals surface area contributed by atoms with E-state index in [4.69, 9.17) is 4.65 Å². The quantitative estimate of drug-likeness (QED) is 0.830. The van der Waals surface area contributed by atoms with Crippen LogP contribution in [0.4, 0.5) is 18.9 Å². The lowest BCUT2D eigenvalue weighted by molar-refractivity contribution is -0.137. The number of fused-ring (bicyclic) bond motifs is 1. The van der Waals surface area contributed by atoms with Gasteiger partial charge in [-0.3, -0.25) is 4.79 Å². The van der Waals surface area contributed by atoms with Crippen molar-refractivity contribution in [3.8, 4) is 0 Å². The number of halogens is 3. The average molecular weight is 335 g/mol. The van der Waals surface area contributed by atoms with Crippen LogP contribution >= 0.6 is 0 Å².